The Hall–Kier alpha value is -3.35. The summed E-state index contributed by atoms with van der Waals surface area (Å²) >= 11 is 0. The number of carbonyl (C=O) groups excluding carboxylic acids is 1. The first-order valence-electron chi connectivity index (χ1n) is 11.6. The number of alkyl halides is 6. The third-order valence-corrected chi connectivity index (χ3v) is 4.87. The Bertz CT molecular complexity index is 1070. The van der Waals surface area contributed by atoms with Crippen LogP contribution in [0.25, 0.3) is 11.2 Å². The summed E-state index contributed by atoms with van der Waals surface area (Å²) in [6, 6.07) is 6.85. The Morgan fingerprint density at radius 3 is 2.05 bits per heavy atom. The maximum atomic E-state index is 12.7. The number of nitrogens with zero attached hydrogens (tertiary/aromatic N) is 3. The lowest BCUT2D eigenvalue weighted by Gasteiger charge is -2.18. The fraction of sp³-hybridized carbons (Fsp3) is 0.480. The average Bonchev–Trinajstić information content (AvgIpc) is 3.28. The van der Waals surface area contributed by atoms with Crippen LogP contribution < -0.4 is 10.5 Å². The first-order valence-corrected chi connectivity index (χ1v) is 11.6. The molecule has 0 bridgehead atoms. The minimum atomic E-state index is -4.72. The van der Waals surface area contributed by atoms with E-state index in [1.807, 2.05) is 19.9 Å². The van der Waals surface area contributed by atoms with Gasteiger partial charge >= 0.3 is 6.36 Å². The molecule has 0 spiro atoms. The van der Waals surface area contributed by atoms with E-state index in [0.29, 0.717) is 50.4 Å². The molecule has 0 aliphatic rings. The zero-order valence-corrected chi connectivity index (χ0v) is 22.2. The van der Waals surface area contributed by atoms with Gasteiger partial charge in [-0.3, -0.25) is 13.6 Å². The molecular weight excluding hydrogens is 516 g/mol. The van der Waals surface area contributed by atoms with Crippen LogP contribution in [0.2, 0.25) is 0 Å². The molecule has 0 aliphatic heterocycles. The molecule has 0 saturated heterocycles. The van der Waals surface area contributed by atoms with Crippen molar-refractivity contribution in [2.75, 3.05) is 27.4 Å². The maximum absolute atomic E-state index is 12.7. The minimum Gasteiger partial charge on any atom is -0.406 e. The number of pyridine rings is 1. The number of carbonyl (C=O) groups is 1. The summed E-state index contributed by atoms with van der Waals surface area (Å²) in [5.74, 6) is 0.376. The Kier molecular flexibility index (Phi) is 15.7. The van der Waals surface area contributed by atoms with Crippen LogP contribution in [-0.2, 0) is 6.42 Å². The van der Waals surface area contributed by atoms with Crippen LogP contribution in [0.1, 0.15) is 55.4 Å². The second-order valence-electron chi connectivity index (χ2n) is 7.71. The maximum Gasteiger partial charge on any atom is 0.573 e. The fourth-order valence-corrected chi connectivity index (χ4v) is 3.23. The van der Waals surface area contributed by atoms with Crippen LogP contribution in [0.15, 0.2) is 36.5 Å². The van der Waals surface area contributed by atoms with Gasteiger partial charge in [0.15, 0.2) is 11.9 Å². The zero-order chi connectivity index (χ0) is 29.5. The Labute approximate surface area is 218 Å². The molecule has 1 amide bonds. The molecule has 3 N–H and O–H groups in total. The molecule has 38 heavy (non-hydrogen) atoms. The molecule has 1 aromatic carbocycles. The van der Waals surface area contributed by atoms with E-state index in [1.165, 1.54) is 12.1 Å². The summed E-state index contributed by atoms with van der Waals surface area (Å²) < 4.78 is 71.2. The predicted octanol–water partition coefficient (Wildman–Crippen LogP) is 6.12. The molecular formula is C25H35F6N5O2. The first-order chi connectivity index (χ1) is 17.9. The van der Waals surface area contributed by atoms with E-state index in [9.17, 15) is 31.1 Å². The van der Waals surface area contributed by atoms with Gasteiger partial charge in [0.25, 0.3) is 5.91 Å². The molecule has 0 fully saturated rings. The molecule has 2 aromatic heterocycles. The summed E-state index contributed by atoms with van der Waals surface area (Å²) in [6.07, 6.45) is -4.29. The fourth-order valence-electron chi connectivity index (χ4n) is 3.23. The third kappa shape index (κ3) is 11.4. The molecule has 1 unspecified atom stereocenters. The number of aromatic nitrogens is 3. The van der Waals surface area contributed by atoms with Crippen LogP contribution in [0.3, 0.4) is 0 Å². The highest BCUT2D eigenvalue weighted by atomic mass is 19.4. The Morgan fingerprint density at radius 2 is 1.61 bits per heavy atom. The van der Waals surface area contributed by atoms with E-state index in [0.717, 1.165) is 23.2 Å². The van der Waals surface area contributed by atoms with Gasteiger partial charge in [0.05, 0.1) is 26.3 Å². The number of H-pyrrole nitrogens is 1. The van der Waals surface area contributed by atoms with Gasteiger partial charge in [-0.1, -0.05) is 13.8 Å². The number of nitrogens with one attached hydrogen (secondary N) is 1. The number of aromatic amines is 1. The van der Waals surface area contributed by atoms with Crippen molar-refractivity contribution < 1.29 is 35.9 Å². The van der Waals surface area contributed by atoms with Crippen molar-refractivity contribution in [1.82, 2.24) is 19.9 Å². The van der Waals surface area contributed by atoms with E-state index in [4.69, 9.17) is 5.73 Å². The van der Waals surface area contributed by atoms with Gasteiger partial charge in [0.1, 0.15) is 11.6 Å². The smallest absolute Gasteiger partial charge is 0.406 e. The Balaban J connectivity index is 0.000000639. The molecule has 13 heteroatoms. The van der Waals surface area contributed by atoms with Crippen molar-refractivity contribution in [3.63, 3.8) is 0 Å². The molecule has 3 rings (SSSR count). The number of hydrogen-bond donors (Lipinski definition) is 2. The monoisotopic (exact) mass is 551 g/mol. The topological polar surface area (TPSA) is 97.1 Å². The van der Waals surface area contributed by atoms with Crippen molar-refractivity contribution in [1.29, 1.82) is 0 Å². The van der Waals surface area contributed by atoms with Crippen LogP contribution in [0.4, 0.5) is 26.3 Å². The van der Waals surface area contributed by atoms with Crippen molar-refractivity contribution in [2.45, 2.75) is 52.7 Å². The lowest BCUT2D eigenvalue weighted by atomic mass is 10.0. The van der Waals surface area contributed by atoms with Crippen LogP contribution in [0.5, 0.6) is 5.75 Å². The summed E-state index contributed by atoms with van der Waals surface area (Å²) in [7, 11) is 1.00. The van der Waals surface area contributed by atoms with E-state index in [-0.39, 0.29) is 18.1 Å². The van der Waals surface area contributed by atoms with Crippen LogP contribution in [-0.4, -0.2) is 65.9 Å². The number of imidazole rings is 1. The summed E-state index contributed by atoms with van der Waals surface area (Å²) in [6.45, 7) is 8.96. The average molecular weight is 552 g/mol. The normalized spacial score (nSPS) is 11.3. The minimum absolute atomic E-state index is 0.0912. The van der Waals surface area contributed by atoms with Gasteiger partial charge < -0.3 is 20.4 Å². The lowest BCUT2D eigenvalue weighted by Crippen LogP contribution is -2.30. The number of fused-ring (bicyclic) bond motifs is 1. The first kappa shape index (κ1) is 34.6. The van der Waals surface area contributed by atoms with Crippen molar-refractivity contribution >= 4 is 17.1 Å². The van der Waals surface area contributed by atoms with E-state index < -0.39 is 12.7 Å². The highest BCUT2D eigenvalue weighted by molar-refractivity contribution is 5.94. The predicted molar refractivity (Wildman–Crippen MR) is 135 cm³/mol. The van der Waals surface area contributed by atoms with Gasteiger partial charge in [-0.25, -0.2) is 14.4 Å². The number of benzene rings is 1. The molecule has 0 saturated carbocycles. The molecule has 3 aromatic rings. The van der Waals surface area contributed by atoms with Gasteiger partial charge in [-0.05, 0) is 55.7 Å². The van der Waals surface area contributed by atoms with Crippen LogP contribution in [0, 0.1) is 0 Å². The molecule has 2 heterocycles. The molecule has 0 radical (unpaired) electrons. The second kappa shape index (κ2) is 17.2. The SMILES string of the molecule is CC(C)c1ccnc2nc(CC(N)F)[nH]c12.CCN(CC)C(=O)c1ccc(OC(F)(F)F)cc1.CF.CF. The zero-order valence-electron chi connectivity index (χ0n) is 22.2. The molecule has 0 aliphatic carbocycles. The number of amides is 1. The summed E-state index contributed by atoms with van der Waals surface area (Å²) in [4.78, 5) is 24.9. The molecule has 1 atom stereocenters. The number of rotatable bonds is 7. The third-order valence-electron chi connectivity index (χ3n) is 4.87. The number of ether oxygens (including phenoxy) is 1. The van der Waals surface area contributed by atoms with Crippen molar-refractivity contribution in [2.24, 2.45) is 5.73 Å². The largest absolute Gasteiger partial charge is 0.573 e. The quantitative estimate of drug-likeness (QED) is 0.273. The van der Waals surface area contributed by atoms with Gasteiger partial charge in [-0.15, -0.1) is 13.2 Å². The number of nitrogens with two attached hydrogens (primary N) is 1. The number of halogens is 6. The summed E-state index contributed by atoms with van der Waals surface area (Å²) in [5, 5.41) is 0. The molecule has 7 nitrogen and oxygen atoms in total. The van der Waals surface area contributed by atoms with Crippen molar-refractivity contribution in [3.8, 4) is 5.75 Å². The van der Waals surface area contributed by atoms with E-state index in [1.54, 1.807) is 11.1 Å². The highest BCUT2D eigenvalue weighted by Gasteiger charge is 2.31. The van der Waals surface area contributed by atoms with E-state index >= 15 is 0 Å². The summed E-state index contributed by atoms with van der Waals surface area (Å²) in [5.41, 5.74) is 8.08. The van der Waals surface area contributed by atoms with E-state index in [2.05, 4.69) is 33.5 Å². The van der Waals surface area contributed by atoms with Crippen LogP contribution >= 0.6 is 0 Å². The van der Waals surface area contributed by atoms with Gasteiger partial charge in [0, 0.05) is 24.8 Å². The number of hydrogen-bond acceptors (Lipinski definition) is 5. The van der Waals surface area contributed by atoms with Gasteiger partial charge in [-0.2, -0.15) is 0 Å². The molecule has 214 valence electrons. The second-order valence-corrected chi connectivity index (χ2v) is 7.71. The Morgan fingerprint density at radius 1 is 1.05 bits per heavy atom. The highest BCUT2D eigenvalue weighted by Crippen LogP contribution is 2.23. The van der Waals surface area contributed by atoms with Crippen molar-refractivity contribution in [3.05, 3.63) is 53.5 Å². The van der Waals surface area contributed by atoms with Gasteiger partial charge in [0.2, 0.25) is 0 Å². The standard InChI is InChI=1S/C12H14F3NO2.C11H15FN4.2CH3F/c1-3-16(4-2)11(17)9-5-7-10(8-6-9)18-12(13,14)15;1-6(2)7-3-4-14-11-10(7)15-9(16-11)5-8(12)13;2*1-2/h5-8H,3-4H2,1-2H3;3-4,6,8H,5,13H2,1-2H3,(H,14,15,16);2*1H3. The lowest BCUT2D eigenvalue weighted by molar-refractivity contribution is -0.274.